The van der Waals surface area contributed by atoms with Gasteiger partial charge in [0.1, 0.15) is 12.4 Å². The fourth-order valence-corrected chi connectivity index (χ4v) is 2.30. The van der Waals surface area contributed by atoms with Crippen molar-refractivity contribution in [2.24, 2.45) is 0 Å². The van der Waals surface area contributed by atoms with E-state index in [2.05, 4.69) is 5.32 Å². The maximum Gasteiger partial charge on any atom is 0.306 e. The van der Waals surface area contributed by atoms with E-state index >= 15 is 0 Å². The van der Waals surface area contributed by atoms with Gasteiger partial charge in [-0.05, 0) is 42.0 Å². The van der Waals surface area contributed by atoms with E-state index in [1.807, 2.05) is 0 Å². The summed E-state index contributed by atoms with van der Waals surface area (Å²) >= 11 is 11.7. The third-order valence-electron chi connectivity index (χ3n) is 3.31. The summed E-state index contributed by atoms with van der Waals surface area (Å²) in [6.45, 7) is 0.0792. The normalized spacial score (nSPS) is 10.2. The minimum absolute atomic E-state index is 0.0106. The first-order valence-electron chi connectivity index (χ1n) is 7.51. The predicted octanol–water partition coefficient (Wildman–Crippen LogP) is 4.46. The summed E-state index contributed by atoms with van der Waals surface area (Å²) < 4.78 is 10.2. The topological polar surface area (TPSA) is 64.6 Å². The van der Waals surface area contributed by atoms with Crippen LogP contribution in [0.1, 0.15) is 18.4 Å². The fourth-order valence-electron chi connectivity index (χ4n) is 1.98. The van der Waals surface area contributed by atoms with Crippen LogP contribution in [0.4, 0.5) is 5.69 Å². The number of esters is 1. The van der Waals surface area contributed by atoms with E-state index in [1.54, 1.807) is 49.6 Å². The minimum atomic E-state index is -0.462. The molecule has 0 aliphatic carbocycles. The van der Waals surface area contributed by atoms with E-state index in [4.69, 9.17) is 32.7 Å². The molecule has 0 radical (unpaired) electrons. The maximum atomic E-state index is 11.8. The highest BCUT2D eigenvalue weighted by Gasteiger charge is 2.09. The van der Waals surface area contributed by atoms with Crippen LogP contribution in [0, 0.1) is 0 Å². The van der Waals surface area contributed by atoms with E-state index in [-0.39, 0.29) is 25.4 Å². The minimum Gasteiger partial charge on any atom is -0.497 e. The van der Waals surface area contributed by atoms with Crippen molar-refractivity contribution in [3.63, 3.8) is 0 Å². The molecule has 1 N–H and O–H groups in total. The van der Waals surface area contributed by atoms with Gasteiger partial charge in [0.2, 0.25) is 5.91 Å². The lowest BCUT2D eigenvalue weighted by Crippen LogP contribution is -2.14. The van der Waals surface area contributed by atoms with Crippen molar-refractivity contribution < 1.29 is 19.1 Å². The van der Waals surface area contributed by atoms with Crippen LogP contribution in [0.25, 0.3) is 0 Å². The summed E-state index contributed by atoms with van der Waals surface area (Å²) in [5.41, 5.74) is 1.36. The molecular weight excluding hydrogens is 365 g/mol. The summed E-state index contributed by atoms with van der Waals surface area (Å²) in [4.78, 5) is 23.6. The first-order chi connectivity index (χ1) is 12.0. The Morgan fingerprint density at radius 3 is 2.36 bits per heavy atom. The molecular formula is C18H17Cl2NO4. The van der Waals surface area contributed by atoms with Crippen LogP contribution in [0.15, 0.2) is 42.5 Å². The number of benzene rings is 2. The number of methoxy groups -OCH3 is 1. The van der Waals surface area contributed by atoms with Crippen LogP contribution in [-0.2, 0) is 20.9 Å². The zero-order chi connectivity index (χ0) is 18.2. The van der Waals surface area contributed by atoms with Gasteiger partial charge in [0.15, 0.2) is 0 Å². The van der Waals surface area contributed by atoms with Crippen LogP contribution in [0.3, 0.4) is 0 Å². The van der Waals surface area contributed by atoms with Crippen molar-refractivity contribution in [1.29, 1.82) is 0 Å². The number of amides is 1. The number of carbonyl (C=O) groups excluding carboxylic acids is 2. The zero-order valence-electron chi connectivity index (χ0n) is 13.6. The Morgan fingerprint density at radius 2 is 1.72 bits per heavy atom. The van der Waals surface area contributed by atoms with E-state index in [9.17, 15) is 9.59 Å². The van der Waals surface area contributed by atoms with Crippen LogP contribution in [0.5, 0.6) is 5.75 Å². The summed E-state index contributed by atoms with van der Waals surface area (Å²) in [5.74, 6) is -0.0310. The van der Waals surface area contributed by atoms with Crippen molar-refractivity contribution in [1.82, 2.24) is 0 Å². The Balaban J connectivity index is 1.73. The molecule has 7 heteroatoms. The maximum absolute atomic E-state index is 11.8. The quantitative estimate of drug-likeness (QED) is 0.718. The van der Waals surface area contributed by atoms with Gasteiger partial charge in [-0.2, -0.15) is 0 Å². The smallest absolute Gasteiger partial charge is 0.306 e. The number of nitrogens with one attached hydrogen (secondary N) is 1. The van der Waals surface area contributed by atoms with Gasteiger partial charge < -0.3 is 14.8 Å². The van der Waals surface area contributed by atoms with E-state index in [1.165, 1.54) is 0 Å². The van der Waals surface area contributed by atoms with Crippen molar-refractivity contribution in [3.05, 3.63) is 58.1 Å². The van der Waals surface area contributed by atoms with Crippen molar-refractivity contribution >= 4 is 40.8 Å². The molecule has 0 bridgehead atoms. The second kappa shape index (κ2) is 9.30. The fraction of sp³-hybridized carbons (Fsp3) is 0.222. The molecule has 0 aromatic heterocycles. The number of rotatable bonds is 7. The first-order valence-corrected chi connectivity index (χ1v) is 8.27. The number of hydrogen-bond acceptors (Lipinski definition) is 4. The van der Waals surface area contributed by atoms with Crippen LogP contribution in [0.2, 0.25) is 10.0 Å². The van der Waals surface area contributed by atoms with Gasteiger partial charge in [0.05, 0.1) is 23.6 Å². The lowest BCUT2D eigenvalue weighted by molar-refractivity contribution is -0.145. The Morgan fingerprint density at radius 1 is 1.00 bits per heavy atom. The van der Waals surface area contributed by atoms with E-state index in [0.29, 0.717) is 21.5 Å². The molecule has 0 unspecified atom stereocenters. The highest BCUT2D eigenvalue weighted by molar-refractivity contribution is 6.42. The average molecular weight is 382 g/mol. The number of carbonyl (C=O) groups is 2. The lowest BCUT2D eigenvalue weighted by Gasteiger charge is -2.07. The molecule has 0 saturated carbocycles. The number of anilines is 1. The summed E-state index contributed by atoms with van der Waals surface area (Å²) in [6, 6.07) is 11.9. The van der Waals surface area contributed by atoms with Gasteiger partial charge in [-0.3, -0.25) is 9.59 Å². The summed E-state index contributed by atoms with van der Waals surface area (Å²) in [5, 5.41) is 3.54. The van der Waals surface area contributed by atoms with Gasteiger partial charge in [0.25, 0.3) is 0 Å². The van der Waals surface area contributed by atoms with Gasteiger partial charge >= 0.3 is 5.97 Å². The molecule has 0 heterocycles. The molecule has 5 nitrogen and oxygen atoms in total. The van der Waals surface area contributed by atoms with Gasteiger partial charge in [-0.1, -0.05) is 29.3 Å². The SMILES string of the molecule is COc1ccc(NC(=O)CCC(=O)OCc2ccc(Cl)c(Cl)c2)cc1. The second-order valence-corrected chi connectivity index (χ2v) is 6.00. The molecule has 0 spiro atoms. The molecule has 0 aliphatic heterocycles. The first kappa shape index (κ1) is 19.1. The predicted molar refractivity (Wildman–Crippen MR) is 97.1 cm³/mol. The number of halogens is 2. The van der Waals surface area contributed by atoms with Crippen LogP contribution >= 0.6 is 23.2 Å². The van der Waals surface area contributed by atoms with Crippen LogP contribution < -0.4 is 10.1 Å². The third-order valence-corrected chi connectivity index (χ3v) is 4.05. The average Bonchev–Trinajstić information content (AvgIpc) is 2.61. The number of ether oxygens (including phenoxy) is 2. The molecule has 2 aromatic rings. The Bertz CT molecular complexity index is 747. The molecule has 2 rings (SSSR count). The van der Waals surface area contributed by atoms with E-state index < -0.39 is 5.97 Å². The Kier molecular flexibility index (Phi) is 7.10. The highest BCUT2D eigenvalue weighted by Crippen LogP contribution is 2.23. The van der Waals surface area contributed by atoms with Gasteiger partial charge in [-0.25, -0.2) is 0 Å². The third kappa shape index (κ3) is 6.29. The zero-order valence-corrected chi connectivity index (χ0v) is 15.1. The molecule has 2 aromatic carbocycles. The van der Waals surface area contributed by atoms with Crippen LogP contribution in [-0.4, -0.2) is 19.0 Å². The Hall–Kier alpha value is -2.24. The monoisotopic (exact) mass is 381 g/mol. The molecule has 1 amide bonds. The van der Waals surface area contributed by atoms with Crippen molar-refractivity contribution in [3.8, 4) is 5.75 Å². The lowest BCUT2D eigenvalue weighted by atomic mass is 10.2. The molecule has 0 atom stereocenters. The number of hydrogen-bond donors (Lipinski definition) is 1. The Labute approximate surface area is 155 Å². The van der Waals surface area contributed by atoms with Gasteiger partial charge in [-0.15, -0.1) is 0 Å². The standard InChI is InChI=1S/C18H17Cl2NO4/c1-24-14-5-3-13(4-6-14)21-17(22)8-9-18(23)25-11-12-2-7-15(19)16(20)10-12/h2-7,10H,8-9,11H2,1H3,(H,21,22). The summed E-state index contributed by atoms with van der Waals surface area (Å²) in [7, 11) is 1.57. The molecule has 25 heavy (non-hydrogen) atoms. The van der Waals surface area contributed by atoms with Crippen molar-refractivity contribution in [2.75, 3.05) is 12.4 Å². The second-order valence-electron chi connectivity index (χ2n) is 5.19. The molecule has 0 saturated heterocycles. The largest absolute Gasteiger partial charge is 0.497 e. The molecule has 0 aliphatic rings. The summed E-state index contributed by atoms with van der Waals surface area (Å²) in [6.07, 6.45) is 0.0234. The molecule has 132 valence electrons. The molecule has 0 fully saturated rings. The van der Waals surface area contributed by atoms with E-state index in [0.717, 1.165) is 5.56 Å². The highest BCUT2D eigenvalue weighted by atomic mass is 35.5. The van der Waals surface area contributed by atoms with Gasteiger partial charge in [0, 0.05) is 12.1 Å². The van der Waals surface area contributed by atoms with Crippen molar-refractivity contribution in [2.45, 2.75) is 19.4 Å².